The van der Waals surface area contributed by atoms with E-state index in [4.69, 9.17) is 4.42 Å². The standard InChI is InChI=1S/C21H22N2O3/c1-14(2)19(23-20(24)18-8-5-11-26-18)21(25)22-13-15-9-10-16-6-3-4-7-17(16)12-15/h3-12,14,19H,13H2,1-2H3,(H,22,25)(H,23,24). The molecule has 1 heterocycles. The van der Waals surface area contributed by atoms with Crippen molar-refractivity contribution in [1.82, 2.24) is 10.6 Å². The number of furan rings is 1. The summed E-state index contributed by atoms with van der Waals surface area (Å²) in [6.45, 7) is 4.19. The van der Waals surface area contributed by atoms with Gasteiger partial charge in [-0.05, 0) is 40.5 Å². The lowest BCUT2D eigenvalue weighted by molar-refractivity contribution is -0.124. The molecule has 134 valence electrons. The number of amides is 2. The van der Waals surface area contributed by atoms with Crippen LogP contribution < -0.4 is 10.6 Å². The number of fused-ring (bicyclic) bond motifs is 1. The van der Waals surface area contributed by atoms with Crippen LogP contribution in [0.25, 0.3) is 10.8 Å². The number of hydrogen-bond acceptors (Lipinski definition) is 3. The van der Waals surface area contributed by atoms with Crippen LogP contribution in [0.15, 0.2) is 65.3 Å². The summed E-state index contributed by atoms with van der Waals surface area (Å²) in [6, 6.07) is 16.7. The zero-order valence-corrected chi connectivity index (χ0v) is 14.9. The van der Waals surface area contributed by atoms with Crippen molar-refractivity contribution in [2.45, 2.75) is 26.4 Å². The van der Waals surface area contributed by atoms with E-state index in [9.17, 15) is 9.59 Å². The zero-order chi connectivity index (χ0) is 18.5. The lowest BCUT2D eigenvalue weighted by Gasteiger charge is -2.21. The lowest BCUT2D eigenvalue weighted by atomic mass is 10.0. The average molecular weight is 350 g/mol. The zero-order valence-electron chi connectivity index (χ0n) is 14.9. The van der Waals surface area contributed by atoms with Crippen molar-refractivity contribution in [1.29, 1.82) is 0 Å². The molecule has 0 spiro atoms. The molecule has 1 unspecified atom stereocenters. The fraction of sp³-hybridized carbons (Fsp3) is 0.238. The van der Waals surface area contributed by atoms with Crippen LogP contribution in [0.2, 0.25) is 0 Å². The Hall–Kier alpha value is -3.08. The van der Waals surface area contributed by atoms with Gasteiger partial charge in [-0.15, -0.1) is 0 Å². The molecule has 5 heteroatoms. The van der Waals surface area contributed by atoms with Gasteiger partial charge >= 0.3 is 0 Å². The molecule has 2 aromatic carbocycles. The van der Waals surface area contributed by atoms with Crippen LogP contribution in [-0.2, 0) is 11.3 Å². The molecular formula is C21H22N2O3. The molecule has 2 amide bonds. The van der Waals surface area contributed by atoms with Gasteiger partial charge in [-0.3, -0.25) is 9.59 Å². The molecule has 3 aromatic rings. The van der Waals surface area contributed by atoms with E-state index in [0.29, 0.717) is 6.54 Å². The second-order valence-electron chi connectivity index (χ2n) is 6.57. The fourth-order valence-electron chi connectivity index (χ4n) is 2.80. The summed E-state index contributed by atoms with van der Waals surface area (Å²) in [4.78, 5) is 24.7. The Labute approximate surface area is 152 Å². The summed E-state index contributed by atoms with van der Waals surface area (Å²) in [6.07, 6.45) is 1.43. The highest BCUT2D eigenvalue weighted by molar-refractivity contribution is 5.95. The molecule has 0 bridgehead atoms. The Morgan fingerprint density at radius 3 is 2.46 bits per heavy atom. The van der Waals surface area contributed by atoms with Gasteiger partial charge in [-0.25, -0.2) is 0 Å². The largest absolute Gasteiger partial charge is 0.459 e. The minimum absolute atomic E-state index is 0.0504. The highest BCUT2D eigenvalue weighted by Gasteiger charge is 2.25. The monoisotopic (exact) mass is 350 g/mol. The predicted octanol–water partition coefficient (Wildman–Crippen LogP) is 3.50. The molecule has 0 saturated carbocycles. The van der Waals surface area contributed by atoms with Gasteiger partial charge in [0.2, 0.25) is 5.91 Å². The van der Waals surface area contributed by atoms with E-state index in [1.807, 2.05) is 44.2 Å². The molecule has 0 radical (unpaired) electrons. The Bertz CT molecular complexity index is 901. The summed E-state index contributed by atoms with van der Waals surface area (Å²) in [5, 5.41) is 7.94. The van der Waals surface area contributed by atoms with E-state index < -0.39 is 11.9 Å². The number of hydrogen-bond donors (Lipinski definition) is 2. The molecular weight excluding hydrogens is 328 g/mol. The maximum Gasteiger partial charge on any atom is 0.287 e. The Balaban J connectivity index is 1.64. The first kappa shape index (κ1) is 17.7. The molecule has 2 N–H and O–H groups in total. The minimum Gasteiger partial charge on any atom is -0.459 e. The minimum atomic E-state index is -0.631. The Morgan fingerprint density at radius 2 is 1.77 bits per heavy atom. The highest BCUT2D eigenvalue weighted by Crippen LogP contribution is 2.15. The summed E-state index contributed by atoms with van der Waals surface area (Å²) < 4.78 is 5.08. The van der Waals surface area contributed by atoms with Crippen LogP contribution in [0.5, 0.6) is 0 Å². The predicted molar refractivity (Wildman–Crippen MR) is 101 cm³/mol. The van der Waals surface area contributed by atoms with Crippen LogP contribution in [0.4, 0.5) is 0 Å². The first-order valence-electron chi connectivity index (χ1n) is 8.64. The fourth-order valence-corrected chi connectivity index (χ4v) is 2.80. The molecule has 0 saturated heterocycles. The van der Waals surface area contributed by atoms with Crippen molar-refractivity contribution >= 4 is 22.6 Å². The quantitative estimate of drug-likeness (QED) is 0.715. The Kier molecular flexibility index (Phi) is 5.37. The van der Waals surface area contributed by atoms with Crippen molar-refractivity contribution in [2.24, 2.45) is 5.92 Å². The number of carbonyl (C=O) groups is 2. The first-order valence-corrected chi connectivity index (χ1v) is 8.64. The molecule has 0 aliphatic rings. The molecule has 3 rings (SSSR count). The third-order valence-corrected chi connectivity index (χ3v) is 4.26. The van der Waals surface area contributed by atoms with Crippen LogP contribution in [-0.4, -0.2) is 17.9 Å². The van der Waals surface area contributed by atoms with Gasteiger partial charge in [-0.1, -0.05) is 50.2 Å². The highest BCUT2D eigenvalue weighted by atomic mass is 16.3. The van der Waals surface area contributed by atoms with Gasteiger partial charge < -0.3 is 15.1 Å². The molecule has 1 aromatic heterocycles. The summed E-state index contributed by atoms with van der Waals surface area (Å²) >= 11 is 0. The van der Waals surface area contributed by atoms with E-state index in [-0.39, 0.29) is 17.6 Å². The summed E-state index contributed by atoms with van der Waals surface area (Å²) in [5.74, 6) is -0.467. The third kappa shape index (κ3) is 4.11. The molecule has 0 aliphatic heterocycles. The van der Waals surface area contributed by atoms with E-state index in [1.54, 1.807) is 12.1 Å². The van der Waals surface area contributed by atoms with Crippen LogP contribution in [0.3, 0.4) is 0 Å². The maximum atomic E-state index is 12.6. The van der Waals surface area contributed by atoms with Crippen LogP contribution in [0, 0.1) is 5.92 Å². The van der Waals surface area contributed by atoms with Gasteiger partial charge in [0, 0.05) is 6.54 Å². The Morgan fingerprint density at radius 1 is 1.00 bits per heavy atom. The first-order chi connectivity index (χ1) is 12.5. The van der Waals surface area contributed by atoms with E-state index in [0.717, 1.165) is 16.3 Å². The lowest BCUT2D eigenvalue weighted by Crippen LogP contribution is -2.49. The topological polar surface area (TPSA) is 71.3 Å². The molecule has 0 fully saturated rings. The molecule has 26 heavy (non-hydrogen) atoms. The van der Waals surface area contributed by atoms with Gasteiger partial charge in [-0.2, -0.15) is 0 Å². The van der Waals surface area contributed by atoms with Crippen molar-refractivity contribution in [3.8, 4) is 0 Å². The normalized spacial score (nSPS) is 12.1. The van der Waals surface area contributed by atoms with Crippen molar-refractivity contribution in [3.05, 3.63) is 72.2 Å². The molecule has 1 atom stereocenters. The average Bonchev–Trinajstić information content (AvgIpc) is 3.18. The van der Waals surface area contributed by atoms with E-state index in [2.05, 4.69) is 22.8 Å². The number of rotatable bonds is 6. The SMILES string of the molecule is CC(C)C(NC(=O)c1ccco1)C(=O)NCc1ccc2ccccc2c1. The molecule has 0 aliphatic carbocycles. The van der Waals surface area contributed by atoms with E-state index in [1.165, 1.54) is 6.26 Å². The number of benzene rings is 2. The van der Waals surface area contributed by atoms with Crippen LogP contribution >= 0.6 is 0 Å². The second kappa shape index (κ2) is 7.87. The van der Waals surface area contributed by atoms with Gasteiger partial charge in [0.25, 0.3) is 5.91 Å². The summed E-state index contributed by atoms with van der Waals surface area (Å²) in [7, 11) is 0. The smallest absolute Gasteiger partial charge is 0.287 e. The van der Waals surface area contributed by atoms with Crippen molar-refractivity contribution < 1.29 is 14.0 Å². The number of nitrogens with one attached hydrogen (secondary N) is 2. The maximum absolute atomic E-state index is 12.6. The van der Waals surface area contributed by atoms with Gasteiger partial charge in [0.15, 0.2) is 5.76 Å². The van der Waals surface area contributed by atoms with Gasteiger partial charge in [0.05, 0.1) is 6.26 Å². The van der Waals surface area contributed by atoms with Crippen LogP contribution in [0.1, 0.15) is 30.0 Å². The molecule has 5 nitrogen and oxygen atoms in total. The van der Waals surface area contributed by atoms with Crippen molar-refractivity contribution in [2.75, 3.05) is 0 Å². The summed E-state index contributed by atoms with van der Waals surface area (Å²) in [5.41, 5.74) is 1.01. The second-order valence-corrected chi connectivity index (χ2v) is 6.57. The van der Waals surface area contributed by atoms with Gasteiger partial charge in [0.1, 0.15) is 6.04 Å². The third-order valence-electron chi connectivity index (χ3n) is 4.26. The number of carbonyl (C=O) groups excluding carboxylic acids is 2. The van der Waals surface area contributed by atoms with E-state index >= 15 is 0 Å². The van der Waals surface area contributed by atoms with Crippen molar-refractivity contribution in [3.63, 3.8) is 0 Å².